The number of nitrogens with one attached hydrogen (secondary N) is 1. The fourth-order valence-electron chi connectivity index (χ4n) is 1.55. The van der Waals surface area contributed by atoms with Crippen molar-refractivity contribution in [2.45, 2.75) is 31.3 Å². The monoisotopic (exact) mass is 281 g/mol. The third kappa shape index (κ3) is 4.99. The zero-order valence-electron chi connectivity index (χ0n) is 9.27. The van der Waals surface area contributed by atoms with Gasteiger partial charge in [0.1, 0.15) is 0 Å². The van der Waals surface area contributed by atoms with E-state index in [1.807, 2.05) is 0 Å². The Morgan fingerprint density at radius 1 is 1.00 bits per heavy atom. The van der Waals surface area contributed by atoms with Crippen LogP contribution in [0, 0.1) is 5.92 Å². The van der Waals surface area contributed by atoms with Crippen molar-refractivity contribution < 1.29 is 36.1 Å². The summed E-state index contributed by atoms with van der Waals surface area (Å²) in [5.74, 6) is -0.0895. The molecule has 0 aromatic carbocycles. The largest absolute Gasteiger partial charge is 0.426 e. The lowest BCUT2D eigenvalue weighted by atomic mass is 10.00. The lowest BCUT2D eigenvalue weighted by Crippen LogP contribution is -2.44. The van der Waals surface area contributed by atoms with Crippen LogP contribution in [0.3, 0.4) is 0 Å². The standard InChI is InChI=1S/C9H13F6NO2/c10-8(11,12)7(9(13,14)15)18-17-5-6-1-3-16-4-2-6/h6-7,16H,1-5H2. The molecule has 0 amide bonds. The van der Waals surface area contributed by atoms with Gasteiger partial charge in [-0.05, 0) is 31.8 Å². The van der Waals surface area contributed by atoms with Crippen molar-refractivity contribution in [1.29, 1.82) is 0 Å². The predicted octanol–water partition coefficient (Wildman–Crippen LogP) is 2.43. The van der Waals surface area contributed by atoms with Gasteiger partial charge in [0.15, 0.2) is 0 Å². The molecule has 0 saturated carbocycles. The molecule has 108 valence electrons. The van der Waals surface area contributed by atoms with Gasteiger partial charge in [0, 0.05) is 0 Å². The van der Waals surface area contributed by atoms with Gasteiger partial charge in [0.2, 0.25) is 0 Å². The number of piperidine rings is 1. The fourth-order valence-corrected chi connectivity index (χ4v) is 1.55. The second kappa shape index (κ2) is 6.07. The minimum absolute atomic E-state index is 0.0895. The molecule has 1 aliphatic rings. The van der Waals surface area contributed by atoms with Crippen molar-refractivity contribution in [3.05, 3.63) is 0 Å². The van der Waals surface area contributed by atoms with Crippen LogP contribution in [0.4, 0.5) is 26.3 Å². The van der Waals surface area contributed by atoms with E-state index < -0.39 is 18.5 Å². The number of hydrogen-bond donors (Lipinski definition) is 1. The molecule has 0 bridgehead atoms. The number of rotatable bonds is 4. The highest BCUT2D eigenvalue weighted by atomic mass is 19.4. The molecule has 1 saturated heterocycles. The molecule has 1 rings (SSSR count). The van der Waals surface area contributed by atoms with Crippen LogP contribution in [-0.2, 0) is 9.78 Å². The summed E-state index contributed by atoms with van der Waals surface area (Å²) in [5.41, 5.74) is 0. The van der Waals surface area contributed by atoms with Gasteiger partial charge in [-0.3, -0.25) is 0 Å². The molecule has 0 aromatic rings. The SMILES string of the molecule is FC(F)(F)C(OOCC1CCNCC1)C(F)(F)F. The maximum absolute atomic E-state index is 12.0. The Labute approximate surface area is 99.4 Å². The number of hydrogen-bond acceptors (Lipinski definition) is 3. The van der Waals surface area contributed by atoms with Gasteiger partial charge in [-0.1, -0.05) is 0 Å². The third-order valence-electron chi connectivity index (χ3n) is 2.52. The van der Waals surface area contributed by atoms with Crippen LogP contribution in [0.1, 0.15) is 12.8 Å². The molecule has 0 spiro atoms. The minimum atomic E-state index is -5.54. The van der Waals surface area contributed by atoms with E-state index in [-0.39, 0.29) is 12.5 Å². The fraction of sp³-hybridized carbons (Fsp3) is 1.00. The number of alkyl halides is 6. The van der Waals surface area contributed by atoms with Gasteiger partial charge in [-0.25, -0.2) is 9.78 Å². The Balaban J connectivity index is 2.38. The third-order valence-corrected chi connectivity index (χ3v) is 2.52. The number of halogens is 6. The van der Waals surface area contributed by atoms with Crippen LogP contribution < -0.4 is 5.32 Å². The first-order chi connectivity index (χ1) is 8.21. The zero-order valence-corrected chi connectivity index (χ0v) is 9.27. The summed E-state index contributed by atoms with van der Waals surface area (Å²) in [5, 5.41) is 3.01. The first-order valence-corrected chi connectivity index (χ1v) is 5.33. The van der Waals surface area contributed by atoms with Crippen molar-refractivity contribution in [1.82, 2.24) is 5.32 Å². The molecular weight excluding hydrogens is 268 g/mol. The highest BCUT2D eigenvalue weighted by Gasteiger charge is 2.59. The Morgan fingerprint density at radius 3 is 1.94 bits per heavy atom. The molecule has 1 fully saturated rings. The molecule has 1 heterocycles. The van der Waals surface area contributed by atoms with Crippen molar-refractivity contribution in [2.24, 2.45) is 5.92 Å². The average Bonchev–Trinajstić information content (AvgIpc) is 2.22. The van der Waals surface area contributed by atoms with E-state index in [0.717, 1.165) is 0 Å². The van der Waals surface area contributed by atoms with Crippen LogP contribution >= 0.6 is 0 Å². The molecule has 0 unspecified atom stereocenters. The van der Waals surface area contributed by atoms with E-state index in [4.69, 9.17) is 0 Å². The molecule has 18 heavy (non-hydrogen) atoms. The van der Waals surface area contributed by atoms with Crippen LogP contribution in [-0.4, -0.2) is 38.2 Å². The zero-order chi connectivity index (χ0) is 13.8. The van der Waals surface area contributed by atoms with Crippen LogP contribution in [0.2, 0.25) is 0 Å². The van der Waals surface area contributed by atoms with E-state index >= 15 is 0 Å². The Morgan fingerprint density at radius 2 is 1.50 bits per heavy atom. The lowest BCUT2D eigenvalue weighted by molar-refractivity contribution is -0.434. The molecule has 3 nitrogen and oxygen atoms in total. The van der Waals surface area contributed by atoms with Gasteiger partial charge < -0.3 is 5.32 Å². The van der Waals surface area contributed by atoms with Crippen LogP contribution in [0.5, 0.6) is 0 Å². The van der Waals surface area contributed by atoms with Gasteiger partial charge in [0.25, 0.3) is 6.10 Å². The van der Waals surface area contributed by atoms with E-state index in [1.54, 1.807) is 0 Å². The maximum Gasteiger partial charge on any atom is 0.426 e. The van der Waals surface area contributed by atoms with E-state index in [0.29, 0.717) is 25.9 Å². The lowest BCUT2D eigenvalue weighted by Gasteiger charge is -2.25. The van der Waals surface area contributed by atoms with Crippen LogP contribution in [0.15, 0.2) is 0 Å². The maximum atomic E-state index is 12.0. The van der Waals surface area contributed by atoms with E-state index in [2.05, 4.69) is 15.1 Å². The first kappa shape index (κ1) is 15.5. The average molecular weight is 281 g/mol. The highest BCUT2D eigenvalue weighted by molar-refractivity contribution is 4.74. The normalized spacial score (nSPS) is 19.5. The van der Waals surface area contributed by atoms with Gasteiger partial charge >= 0.3 is 12.4 Å². The summed E-state index contributed by atoms with van der Waals surface area (Å²) in [6.45, 7) is 1.05. The molecule has 0 atom stereocenters. The first-order valence-electron chi connectivity index (χ1n) is 5.33. The topological polar surface area (TPSA) is 30.5 Å². The summed E-state index contributed by atoms with van der Waals surface area (Å²) in [7, 11) is 0. The predicted molar refractivity (Wildman–Crippen MR) is 48.5 cm³/mol. The molecule has 1 aliphatic heterocycles. The highest BCUT2D eigenvalue weighted by Crippen LogP contribution is 2.35. The Kier molecular flexibility index (Phi) is 5.23. The summed E-state index contributed by atoms with van der Waals surface area (Å²) < 4.78 is 72.3. The van der Waals surface area contributed by atoms with Crippen molar-refractivity contribution in [2.75, 3.05) is 19.7 Å². The van der Waals surface area contributed by atoms with Crippen molar-refractivity contribution in [3.63, 3.8) is 0 Å². The van der Waals surface area contributed by atoms with Crippen molar-refractivity contribution in [3.8, 4) is 0 Å². The van der Waals surface area contributed by atoms with Gasteiger partial charge in [-0.2, -0.15) is 26.3 Å². The van der Waals surface area contributed by atoms with Crippen LogP contribution in [0.25, 0.3) is 0 Å². The summed E-state index contributed by atoms with van der Waals surface area (Å²) >= 11 is 0. The second-order valence-electron chi connectivity index (χ2n) is 4.04. The molecule has 0 aliphatic carbocycles. The molecule has 1 N–H and O–H groups in total. The van der Waals surface area contributed by atoms with Gasteiger partial charge in [-0.15, -0.1) is 0 Å². The summed E-state index contributed by atoms with van der Waals surface area (Å²) in [4.78, 5) is 7.62. The molecule has 0 aromatic heterocycles. The smallest absolute Gasteiger partial charge is 0.317 e. The Bertz CT molecular complexity index is 234. The molecule has 9 heteroatoms. The second-order valence-corrected chi connectivity index (χ2v) is 4.04. The summed E-state index contributed by atoms with van der Waals surface area (Å²) in [6.07, 6.45) is -13.7. The van der Waals surface area contributed by atoms with Crippen molar-refractivity contribution >= 4 is 0 Å². The summed E-state index contributed by atoms with van der Waals surface area (Å²) in [6, 6.07) is 0. The van der Waals surface area contributed by atoms with Gasteiger partial charge in [0.05, 0.1) is 6.61 Å². The van der Waals surface area contributed by atoms with E-state index in [9.17, 15) is 26.3 Å². The minimum Gasteiger partial charge on any atom is -0.317 e. The molecular formula is C9H13F6NO2. The molecule has 0 radical (unpaired) electrons. The quantitative estimate of drug-likeness (QED) is 0.488. The Hall–Kier alpha value is -0.540. The van der Waals surface area contributed by atoms with E-state index in [1.165, 1.54) is 0 Å².